The summed E-state index contributed by atoms with van der Waals surface area (Å²) >= 11 is 0. The average molecular weight is 351 g/mol. The molecule has 2 aromatic heterocycles. The van der Waals surface area contributed by atoms with Crippen molar-refractivity contribution < 1.29 is 4.79 Å². The molecule has 8 nitrogen and oxygen atoms in total. The van der Waals surface area contributed by atoms with E-state index in [-0.39, 0.29) is 5.91 Å². The molecule has 134 valence electrons. The maximum absolute atomic E-state index is 12.2. The lowest BCUT2D eigenvalue weighted by Gasteiger charge is -2.10. The number of carbonyl (C=O) groups is 1. The highest BCUT2D eigenvalue weighted by atomic mass is 16.1. The molecule has 1 N–H and O–H groups in total. The summed E-state index contributed by atoms with van der Waals surface area (Å²) in [7, 11) is 3.84. The van der Waals surface area contributed by atoms with Gasteiger partial charge in [-0.1, -0.05) is 17.3 Å². The van der Waals surface area contributed by atoms with Gasteiger partial charge in [0, 0.05) is 44.5 Å². The number of nitrogens with one attached hydrogen (secondary N) is 1. The first-order valence-corrected chi connectivity index (χ1v) is 8.37. The Morgan fingerprint density at radius 2 is 1.92 bits per heavy atom. The fourth-order valence-electron chi connectivity index (χ4n) is 2.41. The van der Waals surface area contributed by atoms with E-state index in [1.807, 2.05) is 43.3 Å². The number of carbonyl (C=O) groups excluding carboxylic acids is 1. The lowest BCUT2D eigenvalue weighted by atomic mass is 10.1. The molecule has 0 saturated heterocycles. The van der Waals surface area contributed by atoms with Crippen LogP contribution in [0.1, 0.15) is 16.8 Å². The van der Waals surface area contributed by atoms with E-state index in [0.717, 1.165) is 30.0 Å². The summed E-state index contributed by atoms with van der Waals surface area (Å²) in [6, 6.07) is 11.2. The molecule has 0 aliphatic rings. The van der Waals surface area contributed by atoms with E-state index >= 15 is 0 Å². The van der Waals surface area contributed by atoms with Gasteiger partial charge in [0.1, 0.15) is 0 Å². The quantitative estimate of drug-likeness (QED) is 0.651. The van der Waals surface area contributed by atoms with E-state index < -0.39 is 0 Å². The molecule has 0 unspecified atom stereocenters. The van der Waals surface area contributed by atoms with Crippen LogP contribution in [0.3, 0.4) is 0 Å². The SMILES string of the molecule is CN(C)c1ccc(-c2ccc(C(=O)NCCCn3ccnn3)cc2)nn1. The van der Waals surface area contributed by atoms with Gasteiger partial charge in [0.15, 0.2) is 5.82 Å². The van der Waals surface area contributed by atoms with Gasteiger partial charge in [-0.3, -0.25) is 9.48 Å². The fourth-order valence-corrected chi connectivity index (χ4v) is 2.41. The highest BCUT2D eigenvalue weighted by Crippen LogP contribution is 2.18. The van der Waals surface area contributed by atoms with E-state index in [0.29, 0.717) is 12.1 Å². The van der Waals surface area contributed by atoms with E-state index in [2.05, 4.69) is 25.8 Å². The van der Waals surface area contributed by atoms with Gasteiger partial charge in [0.25, 0.3) is 5.91 Å². The minimum atomic E-state index is -0.0934. The molecule has 0 saturated carbocycles. The Hall–Kier alpha value is -3.29. The first-order chi connectivity index (χ1) is 12.6. The van der Waals surface area contributed by atoms with Gasteiger partial charge in [-0.15, -0.1) is 15.3 Å². The number of amides is 1. The first-order valence-electron chi connectivity index (χ1n) is 8.37. The zero-order chi connectivity index (χ0) is 18.4. The molecule has 2 heterocycles. The molecule has 0 spiro atoms. The molecule has 1 aromatic carbocycles. The number of hydrogen-bond donors (Lipinski definition) is 1. The molecule has 3 rings (SSSR count). The molecular formula is C18H21N7O. The van der Waals surface area contributed by atoms with Gasteiger partial charge in [-0.05, 0) is 30.7 Å². The minimum Gasteiger partial charge on any atom is -0.361 e. The molecule has 0 fully saturated rings. The minimum absolute atomic E-state index is 0.0934. The fraction of sp³-hybridized carbons (Fsp3) is 0.278. The molecule has 0 atom stereocenters. The summed E-state index contributed by atoms with van der Waals surface area (Å²) in [5.74, 6) is 0.708. The third-order valence-electron chi connectivity index (χ3n) is 3.87. The van der Waals surface area contributed by atoms with Crippen molar-refractivity contribution in [2.45, 2.75) is 13.0 Å². The monoisotopic (exact) mass is 351 g/mol. The Kier molecular flexibility index (Phi) is 5.52. The molecule has 3 aromatic rings. The Labute approximate surface area is 151 Å². The van der Waals surface area contributed by atoms with Crippen molar-refractivity contribution in [3.05, 3.63) is 54.4 Å². The summed E-state index contributed by atoms with van der Waals surface area (Å²) in [5.41, 5.74) is 2.31. The molecule has 0 aliphatic heterocycles. The van der Waals surface area contributed by atoms with Gasteiger partial charge in [-0.2, -0.15) is 0 Å². The highest BCUT2D eigenvalue weighted by molar-refractivity contribution is 5.94. The molecular weight excluding hydrogens is 330 g/mol. The van der Waals surface area contributed by atoms with Crippen LogP contribution in [0.5, 0.6) is 0 Å². The zero-order valence-corrected chi connectivity index (χ0v) is 14.8. The van der Waals surface area contributed by atoms with Gasteiger partial charge >= 0.3 is 0 Å². The van der Waals surface area contributed by atoms with Crippen LogP contribution in [0.25, 0.3) is 11.3 Å². The van der Waals surface area contributed by atoms with Crippen molar-refractivity contribution >= 4 is 11.7 Å². The normalized spacial score (nSPS) is 10.5. The van der Waals surface area contributed by atoms with Crippen LogP contribution >= 0.6 is 0 Å². The van der Waals surface area contributed by atoms with Crippen LogP contribution in [0.4, 0.5) is 5.82 Å². The number of aromatic nitrogens is 5. The predicted molar refractivity (Wildman–Crippen MR) is 98.8 cm³/mol. The highest BCUT2D eigenvalue weighted by Gasteiger charge is 2.07. The summed E-state index contributed by atoms with van der Waals surface area (Å²) in [6.45, 7) is 1.30. The lowest BCUT2D eigenvalue weighted by molar-refractivity contribution is 0.0952. The largest absolute Gasteiger partial charge is 0.361 e. The zero-order valence-electron chi connectivity index (χ0n) is 14.8. The number of nitrogens with zero attached hydrogens (tertiary/aromatic N) is 6. The number of rotatable bonds is 7. The molecule has 0 aliphatic carbocycles. The van der Waals surface area contributed by atoms with E-state index in [1.54, 1.807) is 29.2 Å². The van der Waals surface area contributed by atoms with Crippen LogP contribution in [0.15, 0.2) is 48.8 Å². The van der Waals surface area contributed by atoms with E-state index in [1.165, 1.54) is 0 Å². The third-order valence-corrected chi connectivity index (χ3v) is 3.87. The summed E-state index contributed by atoms with van der Waals surface area (Å²) in [5, 5.41) is 18.9. The van der Waals surface area contributed by atoms with Gasteiger partial charge < -0.3 is 10.2 Å². The van der Waals surface area contributed by atoms with Crippen molar-refractivity contribution in [3.8, 4) is 11.3 Å². The summed E-state index contributed by atoms with van der Waals surface area (Å²) in [4.78, 5) is 14.1. The number of benzene rings is 1. The number of hydrogen-bond acceptors (Lipinski definition) is 6. The van der Waals surface area contributed by atoms with Crippen LogP contribution in [0.2, 0.25) is 0 Å². The number of aryl methyl sites for hydroxylation is 1. The molecule has 26 heavy (non-hydrogen) atoms. The van der Waals surface area contributed by atoms with Gasteiger partial charge in [-0.25, -0.2) is 0 Å². The van der Waals surface area contributed by atoms with Crippen molar-refractivity contribution in [2.75, 3.05) is 25.5 Å². The standard InChI is InChI=1S/C18H21N7O/c1-24(2)17-9-8-16(21-22-17)14-4-6-15(7-5-14)18(26)19-10-3-12-25-13-11-20-23-25/h4-9,11,13H,3,10,12H2,1-2H3,(H,19,26). The first kappa shape index (κ1) is 17.5. The summed E-state index contributed by atoms with van der Waals surface area (Å²) in [6.07, 6.45) is 4.23. The Balaban J connectivity index is 1.53. The van der Waals surface area contributed by atoms with E-state index in [9.17, 15) is 4.79 Å². The van der Waals surface area contributed by atoms with Crippen LogP contribution in [-0.2, 0) is 6.54 Å². The Morgan fingerprint density at radius 3 is 2.54 bits per heavy atom. The lowest BCUT2D eigenvalue weighted by Crippen LogP contribution is -2.25. The predicted octanol–water partition coefficient (Wildman–Crippen LogP) is 1.62. The second kappa shape index (κ2) is 8.19. The van der Waals surface area contributed by atoms with Crippen molar-refractivity contribution in [1.82, 2.24) is 30.5 Å². The maximum Gasteiger partial charge on any atom is 0.251 e. The van der Waals surface area contributed by atoms with Crippen LogP contribution in [0, 0.1) is 0 Å². The third kappa shape index (κ3) is 4.41. The maximum atomic E-state index is 12.2. The Morgan fingerprint density at radius 1 is 1.12 bits per heavy atom. The molecule has 0 bridgehead atoms. The van der Waals surface area contributed by atoms with Crippen molar-refractivity contribution in [1.29, 1.82) is 0 Å². The summed E-state index contributed by atoms with van der Waals surface area (Å²) < 4.78 is 1.74. The number of anilines is 1. The van der Waals surface area contributed by atoms with Crippen LogP contribution in [-0.4, -0.2) is 51.7 Å². The van der Waals surface area contributed by atoms with Crippen molar-refractivity contribution in [3.63, 3.8) is 0 Å². The second-order valence-electron chi connectivity index (χ2n) is 6.02. The van der Waals surface area contributed by atoms with Crippen LogP contribution < -0.4 is 10.2 Å². The smallest absolute Gasteiger partial charge is 0.251 e. The van der Waals surface area contributed by atoms with Gasteiger partial charge in [0.05, 0.1) is 11.9 Å². The molecule has 0 radical (unpaired) electrons. The van der Waals surface area contributed by atoms with E-state index in [4.69, 9.17) is 0 Å². The molecule has 1 amide bonds. The topological polar surface area (TPSA) is 88.8 Å². The second-order valence-corrected chi connectivity index (χ2v) is 6.02. The average Bonchev–Trinajstić information content (AvgIpc) is 3.19. The Bertz CT molecular complexity index is 827. The van der Waals surface area contributed by atoms with Crippen molar-refractivity contribution in [2.24, 2.45) is 0 Å². The van der Waals surface area contributed by atoms with Gasteiger partial charge in [0.2, 0.25) is 0 Å². The molecule has 8 heteroatoms.